The van der Waals surface area contributed by atoms with Crippen molar-refractivity contribution in [2.24, 2.45) is 17.6 Å². The van der Waals surface area contributed by atoms with Crippen LogP contribution in [-0.2, 0) is 14.4 Å². The van der Waals surface area contributed by atoms with Gasteiger partial charge in [-0.3, -0.25) is 14.4 Å². The highest BCUT2D eigenvalue weighted by molar-refractivity contribution is 6.36. The first-order chi connectivity index (χ1) is 6.52. The first-order valence-corrected chi connectivity index (χ1v) is 4.63. The summed E-state index contributed by atoms with van der Waals surface area (Å²) in [5.74, 6) is -2.15. The summed E-state index contributed by atoms with van der Waals surface area (Å²) in [5.41, 5.74) is 4.86. The number of hydrogen-bond acceptors (Lipinski definition) is 3. The fraction of sp³-hybridized carbons (Fsp3) is 0.667. The number of Topliss-reactive ketones (excluding diaryl/α,β-unsaturated/α-hetero) is 1. The van der Waals surface area contributed by atoms with Crippen molar-refractivity contribution in [2.75, 3.05) is 6.54 Å². The highest BCUT2D eigenvalue weighted by atomic mass is 16.2. The van der Waals surface area contributed by atoms with E-state index in [1.807, 2.05) is 0 Å². The quantitative estimate of drug-likeness (QED) is 0.580. The first-order valence-electron chi connectivity index (χ1n) is 4.63. The summed E-state index contributed by atoms with van der Waals surface area (Å²) in [6.45, 7) is 2.28. The van der Waals surface area contributed by atoms with Gasteiger partial charge in [0.15, 0.2) is 0 Å². The Labute approximate surface area is 82.0 Å². The second kappa shape index (κ2) is 4.21. The van der Waals surface area contributed by atoms with E-state index >= 15 is 0 Å². The number of primary amides is 1. The zero-order valence-corrected chi connectivity index (χ0v) is 8.08. The van der Waals surface area contributed by atoms with Crippen molar-refractivity contribution >= 4 is 17.6 Å². The van der Waals surface area contributed by atoms with Gasteiger partial charge in [0, 0.05) is 18.4 Å². The van der Waals surface area contributed by atoms with Crippen LogP contribution < -0.4 is 11.1 Å². The maximum atomic E-state index is 11.2. The van der Waals surface area contributed by atoms with E-state index in [9.17, 15) is 14.4 Å². The van der Waals surface area contributed by atoms with E-state index in [1.54, 1.807) is 6.92 Å². The van der Waals surface area contributed by atoms with E-state index in [0.717, 1.165) is 6.42 Å². The van der Waals surface area contributed by atoms with Crippen molar-refractivity contribution in [1.29, 1.82) is 0 Å². The largest absolute Gasteiger partial charge is 0.363 e. The highest BCUT2D eigenvalue weighted by Crippen LogP contribution is 2.19. The van der Waals surface area contributed by atoms with E-state index in [0.29, 0.717) is 13.0 Å². The molecule has 0 aromatic carbocycles. The second-order valence-corrected chi connectivity index (χ2v) is 3.64. The average Bonchev–Trinajstić information content (AvgIpc) is 2.50. The molecule has 0 aliphatic carbocycles. The number of amides is 2. The van der Waals surface area contributed by atoms with Gasteiger partial charge in [0.1, 0.15) is 0 Å². The molecule has 1 saturated heterocycles. The van der Waals surface area contributed by atoms with E-state index in [2.05, 4.69) is 5.32 Å². The molecule has 1 heterocycles. The number of hydrogen-bond donors (Lipinski definition) is 2. The van der Waals surface area contributed by atoms with Gasteiger partial charge >= 0.3 is 0 Å². The Morgan fingerprint density at radius 1 is 1.64 bits per heavy atom. The number of carbonyl (C=O) groups excluding carboxylic acids is 3. The molecule has 0 spiro atoms. The molecule has 5 heteroatoms. The molecule has 0 saturated carbocycles. The molecule has 0 radical (unpaired) electrons. The van der Waals surface area contributed by atoms with Crippen LogP contribution in [0.5, 0.6) is 0 Å². The van der Waals surface area contributed by atoms with Gasteiger partial charge in [-0.05, 0) is 12.8 Å². The zero-order chi connectivity index (χ0) is 10.7. The minimum absolute atomic E-state index is 0.0332. The van der Waals surface area contributed by atoms with Gasteiger partial charge in [0.05, 0.1) is 0 Å². The van der Waals surface area contributed by atoms with Crippen LogP contribution in [0.25, 0.3) is 0 Å². The van der Waals surface area contributed by atoms with Gasteiger partial charge < -0.3 is 11.1 Å². The van der Waals surface area contributed by atoms with Crippen LogP contribution in [-0.4, -0.2) is 24.1 Å². The Balaban J connectivity index is 2.47. The number of carbonyl (C=O) groups is 3. The maximum Gasteiger partial charge on any atom is 0.285 e. The third-order valence-corrected chi connectivity index (χ3v) is 2.49. The van der Waals surface area contributed by atoms with Gasteiger partial charge in [-0.15, -0.1) is 0 Å². The molecule has 1 aliphatic rings. The van der Waals surface area contributed by atoms with Crippen LogP contribution in [0.2, 0.25) is 0 Å². The lowest BCUT2D eigenvalue weighted by atomic mass is 9.91. The summed E-state index contributed by atoms with van der Waals surface area (Å²) < 4.78 is 0. The van der Waals surface area contributed by atoms with Crippen molar-refractivity contribution in [1.82, 2.24) is 5.32 Å². The van der Waals surface area contributed by atoms with Gasteiger partial charge in [-0.1, -0.05) is 6.92 Å². The molecular formula is C9H14N2O3. The molecule has 14 heavy (non-hydrogen) atoms. The number of nitrogens with one attached hydrogen (secondary N) is 1. The van der Waals surface area contributed by atoms with Crippen molar-refractivity contribution < 1.29 is 14.4 Å². The standard InChI is InChI=1S/C9H14N2O3/c1-5(7(12)8(10)13)4-6-2-3-11-9(6)14/h5-6H,2-4H2,1H3,(H2,10,13)(H,11,14). The molecule has 2 unspecified atom stereocenters. The molecule has 0 bridgehead atoms. The Kier molecular flexibility index (Phi) is 3.22. The summed E-state index contributed by atoms with van der Waals surface area (Å²) in [5, 5.41) is 2.68. The lowest BCUT2D eigenvalue weighted by molar-refractivity contribution is -0.138. The van der Waals surface area contributed by atoms with E-state index < -0.39 is 17.6 Å². The van der Waals surface area contributed by atoms with Crippen LogP contribution in [0, 0.1) is 11.8 Å². The Morgan fingerprint density at radius 3 is 2.71 bits per heavy atom. The van der Waals surface area contributed by atoms with Gasteiger partial charge in [0.25, 0.3) is 5.91 Å². The Morgan fingerprint density at radius 2 is 2.29 bits per heavy atom. The zero-order valence-electron chi connectivity index (χ0n) is 8.08. The van der Waals surface area contributed by atoms with Gasteiger partial charge in [-0.2, -0.15) is 0 Å². The third-order valence-electron chi connectivity index (χ3n) is 2.49. The molecule has 5 nitrogen and oxygen atoms in total. The Hall–Kier alpha value is -1.39. The molecule has 3 N–H and O–H groups in total. The molecule has 78 valence electrons. The summed E-state index contributed by atoms with van der Waals surface area (Å²) >= 11 is 0. The minimum Gasteiger partial charge on any atom is -0.363 e. The second-order valence-electron chi connectivity index (χ2n) is 3.64. The third kappa shape index (κ3) is 2.31. The lowest BCUT2D eigenvalue weighted by Crippen LogP contribution is -2.31. The van der Waals surface area contributed by atoms with Crippen molar-refractivity contribution in [3.8, 4) is 0 Å². The van der Waals surface area contributed by atoms with Crippen molar-refractivity contribution in [2.45, 2.75) is 19.8 Å². The summed E-state index contributed by atoms with van der Waals surface area (Å²) in [7, 11) is 0. The van der Waals surface area contributed by atoms with E-state index in [-0.39, 0.29) is 11.8 Å². The fourth-order valence-corrected chi connectivity index (χ4v) is 1.65. The van der Waals surface area contributed by atoms with Crippen molar-refractivity contribution in [3.05, 3.63) is 0 Å². The number of nitrogens with two attached hydrogens (primary N) is 1. The highest BCUT2D eigenvalue weighted by Gasteiger charge is 2.29. The minimum atomic E-state index is -0.920. The molecule has 1 aliphatic heterocycles. The lowest BCUT2D eigenvalue weighted by Gasteiger charge is -2.11. The monoisotopic (exact) mass is 198 g/mol. The van der Waals surface area contributed by atoms with Gasteiger partial charge in [-0.25, -0.2) is 0 Å². The van der Waals surface area contributed by atoms with Gasteiger partial charge in [0.2, 0.25) is 11.7 Å². The first kappa shape index (κ1) is 10.7. The van der Waals surface area contributed by atoms with Crippen LogP contribution in [0.4, 0.5) is 0 Å². The molecule has 2 amide bonds. The predicted octanol–water partition coefficient (Wildman–Crippen LogP) is -0.797. The predicted molar refractivity (Wildman–Crippen MR) is 49.1 cm³/mol. The maximum absolute atomic E-state index is 11.2. The Bertz CT molecular complexity index is 275. The van der Waals surface area contributed by atoms with Crippen LogP contribution in [0.15, 0.2) is 0 Å². The number of ketones is 1. The summed E-state index contributed by atoms with van der Waals surface area (Å²) in [6, 6.07) is 0. The topological polar surface area (TPSA) is 89.3 Å². The summed E-state index contributed by atoms with van der Waals surface area (Å²) in [4.78, 5) is 32.9. The fourth-order valence-electron chi connectivity index (χ4n) is 1.65. The van der Waals surface area contributed by atoms with Crippen LogP contribution in [0.1, 0.15) is 19.8 Å². The molecule has 1 rings (SSSR count). The SMILES string of the molecule is CC(CC1CCNC1=O)C(=O)C(N)=O. The molecule has 1 fully saturated rings. The average molecular weight is 198 g/mol. The molecule has 0 aromatic rings. The smallest absolute Gasteiger partial charge is 0.285 e. The molecular weight excluding hydrogens is 184 g/mol. The normalized spacial score (nSPS) is 22.9. The van der Waals surface area contributed by atoms with Crippen molar-refractivity contribution in [3.63, 3.8) is 0 Å². The van der Waals surface area contributed by atoms with Crippen LogP contribution >= 0.6 is 0 Å². The summed E-state index contributed by atoms with van der Waals surface area (Å²) in [6.07, 6.45) is 1.14. The van der Waals surface area contributed by atoms with E-state index in [4.69, 9.17) is 5.73 Å². The molecule has 2 atom stereocenters. The van der Waals surface area contributed by atoms with E-state index in [1.165, 1.54) is 0 Å². The molecule has 0 aromatic heterocycles. The number of rotatable bonds is 4. The van der Waals surface area contributed by atoms with Crippen LogP contribution in [0.3, 0.4) is 0 Å².